The van der Waals surface area contributed by atoms with Crippen LogP contribution in [0.5, 0.6) is 0 Å². The van der Waals surface area contributed by atoms with Gasteiger partial charge >= 0.3 is 12.1 Å². The molecule has 1 aromatic carbocycles. The zero-order chi connectivity index (χ0) is 16.0. The minimum absolute atomic E-state index is 0.130. The molecule has 0 bridgehead atoms. The Labute approximate surface area is 119 Å². The molecule has 5 nitrogen and oxygen atoms in total. The summed E-state index contributed by atoms with van der Waals surface area (Å²) in [6.07, 6.45) is -4.56. The molecule has 0 aliphatic heterocycles. The van der Waals surface area contributed by atoms with Crippen molar-refractivity contribution in [2.24, 2.45) is 0 Å². The van der Waals surface area contributed by atoms with Gasteiger partial charge in [-0.05, 0) is 18.2 Å². The van der Waals surface area contributed by atoms with Crippen molar-refractivity contribution in [3.8, 4) is 6.07 Å². The lowest BCUT2D eigenvalue weighted by Gasteiger charge is -2.24. The topological polar surface area (TPSA) is 73.6 Å². The van der Waals surface area contributed by atoms with Gasteiger partial charge in [-0.25, -0.2) is 0 Å². The van der Waals surface area contributed by atoms with E-state index in [1.54, 1.807) is 6.07 Å². The van der Waals surface area contributed by atoms with Crippen LogP contribution in [-0.2, 0) is 15.7 Å². The highest BCUT2D eigenvalue weighted by molar-refractivity contribution is 5.75. The van der Waals surface area contributed by atoms with Gasteiger partial charge in [-0.2, -0.15) is 18.4 Å². The Kier molecular flexibility index (Phi) is 5.55. The number of methoxy groups -OCH3 is 1. The number of aliphatic carboxylic acids is 1. The summed E-state index contributed by atoms with van der Waals surface area (Å²) < 4.78 is 42.7. The Hall–Kier alpha value is -2.27. The van der Waals surface area contributed by atoms with Crippen LogP contribution in [0, 0.1) is 11.3 Å². The molecule has 21 heavy (non-hydrogen) atoms. The Morgan fingerprint density at radius 2 is 2.14 bits per heavy atom. The number of halogens is 3. The highest BCUT2D eigenvalue weighted by Gasteiger charge is 2.31. The van der Waals surface area contributed by atoms with Crippen LogP contribution in [0.25, 0.3) is 0 Å². The number of nitriles is 1. The highest BCUT2D eigenvalue weighted by Crippen LogP contribution is 2.32. The van der Waals surface area contributed by atoms with E-state index in [1.807, 2.05) is 0 Å². The summed E-state index contributed by atoms with van der Waals surface area (Å²) in [5, 5.41) is 17.8. The molecule has 0 unspecified atom stereocenters. The lowest BCUT2D eigenvalue weighted by atomic mass is 10.1. The Morgan fingerprint density at radius 1 is 1.48 bits per heavy atom. The third-order valence-electron chi connectivity index (χ3n) is 2.68. The van der Waals surface area contributed by atoms with Crippen LogP contribution >= 0.6 is 0 Å². The molecule has 1 N–H and O–H groups in total. The van der Waals surface area contributed by atoms with Gasteiger partial charge in [0.2, 0.25) is 0 Å². The Balaban J connectivity index is 3.19. The predicted octanol–water partition coefficient (Wildman–Crippen LogP) is 2.11. The SMILES string of the molecule is COCCN(CC(=O)O)c1ccc(C(F)(F)F)cc1C#N. The van der Waals surface area contributed by atoms with Gasteiger partial charge in [0.25, 0.3) is 0 Å². The number of hydrogen-bond donors (Lipinski definition) is 1. The minimum atomic E-state index is -4.56. The molecule has 8 heteroatoms. The van der Waals surface area contributed by atoms with Gasteiger partial charge < -0.3 is 14.7 Å². The number of ether oxygens (including phenoxy) is 1. The van der Waals surface area contributed by atoms with Crippen LogP contribution in [0.2, 0.25) is 0 Å². The van der Waals surface area contributed by atoms with Crippen LogP contribution in [0.4, 0.5) is 18.9 Å². The van der Waals surface area contributed by atoms with Crippen molar-refractivity contribution in [3.63, 3.8) is 0 Å². The van der Waals surface area contributed by atoms with Crippen molar-refractivity contribution >= 4 is 11.7 Å². The fourth-order valence-corrected chi connectivity index (χ4v) is 1.73. The average molecular weight is 302 g/mol. The molecule has 0 spiro atoms. The number of rotatable bonds is 6. The normalized spacial score (nSPS) is 11.0. The largest absolute Gasteiger partial charge is 0.480 e. The van der Waals surface area contributed by atoms with E-state index in [2.05, 4.69) is 0 Å². The van der Waals surface area contributed by atoms with Gasteiger partial charge in [-0.15, -0.1) is 0 Å². The van der Waals surface area contributed by atoms with Crippen molar-refractivity contribution in [2.75, 3.05) is 31.7 Å². The van der Waals surface area contributed by atoms with E-state index in [9.17, 15) is 18.0 Å². The summed E-state index contributed by atoms with van der Waals surface area (Å²) in [5.41, 5.74) is -1.06. The number of carbonyl (C=O) groups is 1. The zero-order valence-corrected chi connectivity index (χ0v) is 11.1. The third kappa shape index (κ3) is 4.65. The fraction of sp³-hybridized carbons (Fsp3) is 0.385. The van der Waals surface area contributed by atoms with E-state index in [-0.39, 0.29) is 24.4 Å². The van der Waals surface area contributed by atoms with Gasteiger partial charge in [0, 0.05) is 13.7 Å². The first kappa shape index (κ1) is 16.8. The summed E-state index contributed by atoms with van der Waals surface area (Å²) >= 11 is 0. The summed E-state index contributed by atoms with van der Waals surface area (Å²) in [4.78, 5) is 12.1. The smallest absolute Gasteiger partial charge is 0.416 e. The highest BCUT2D eigenvalue weighted by atomic mass is 19.4. The molecular weight excluding hydrogens is 289 g/mol. The summed E-state index contributed by atoms with van der Waals surface area (Å²) in [6, 6.07) is 4.28. The number of hydrogen-bond acceptors (Lipinski definition) is 4. The van der Waals surface area contributed by atoms with E-state index in [4.69, 9.17) is 15.1 Å². The molecule has 0 saturated carbocycles. The Bertz CT molecular complexity index is 553. The first-order valence-electron chi connectivity index (χ1n) is 5.86. The molecule has 0 atom stereocenters. The first-order chi connectivity index (χ1) is 9.79. The van der Waals surface area contributed by atoms with Crippen molar-refractivity contribution in [2.45, 2.75) is 6.18 Å². The van der Waals surface area contributed by atoms with Crippen LogP contribution in [0.3, 0.4) is 0 Å². The second-order valence-electron chi connectivity index (χ2n) is 4.15. The van der Waals surface area contributed by atoms with Crippen molar-refractivity contribution < 1.29 is 27.8 Å². The zero-order valence-electron chi connectivity index (χ0n) is 11.1. The van der Waals surface area contributed by atoms with Crippen molar-refractivity contribution in [1.29, 1.82) is 5.26 Å². The monoisotopic (exact) mass is 302 g/mol. The molecule has 1 rings (SSSR count). The minimum Gasteiger partial charge on any atom is -0.480 e. The van der Waals surface area contributed by atoms with Gasteiger partial charge in [0.15, 0.2) is 0 Å². The molecule has 0 heterocycles. The average Bonchev–Trinajstić information content (AvgIpc) is 2.41. The van der Waals surface area contributed by atoms with Crippen molar-refractivity contribution in [3.05, 3.63) is 29.3 Å². The van der Waals surface area contributed by atoms with Crippen LogP contribution < -0.4 is 4.90 Å². The lowest BCUT2D eigenvalue weighted by molar-refractivity contribution is -0.138. The van der Waals surface area contributed by atoms with E-state index in [1.165, 1.54) is 12.0 Å². The molecular formula is C13H13F3N2O3. The quantitative estimate of drug-likeness (QED) is 0.871. The molecule has 0 saturated heterocycles. The molecule has 0 aromatic heterocycles. The van der Waals surface area contributed by atoms with E-state index >= 15 is 0 Å². The Morgan fingerprint density at radius 3 is 2.62 bits per heavy atom. The fourth-order valence-electron chi connectivity index (χ4n) is 1.73. The van der Waals surface area contributed by atoms with Gasteiger partial charge in [-0.3, -0.25) is 4.79 Å². The maximum absolute atomic E-state index is 12.6. The van der Waals surface area contributed by atoms with Gasteiger partial charge in [-0.1, -0.05) is 0 Å². The second-order valence-corrected chi connectivity index (χ2v) is 4.15. The van der Waals surface area contributed by atoms with Crippen LogP contribution in [0.15, 0.2) is 18.2 Å². The standard InChI is InChI=1S/C13H13F3N2O3/c1-21-5-4-18(8-12(19)20)11-3-2-10(13(14,15)16)6-9(11)7-17/h2-3,6H,4-5,8H2,1H3,(H,19,20). The first-order valence-corrected chi connectivity index (χ1v) is 5.86. The van der Waals surface area contributed by atoms with E-state index in [0.29, 0.717) is 6.07 Å². The van der Waals surface area contributed by atoms with Crippen LogP contribution in [-0.4, -0.2) is 37.9 Å². The van der Waals surface area contributed by atoms with E-state index < -0.39 is 24.3 Å². The molecule has 0 fully saturated rings. The molecule has 1 aromatic rings. The number of anilines is 1. The maximum atomic E-state index is 12.6. The molecule has 0 aliphatic carbocycles. The third-order valence-corrected chi connectivity index (χ3v) is 2.68. The number of alkyl halides is 3. The van der Waals surface area contributed by atoms with Gasteiger partial charge in [0.05, 0.1) is 23.4 Å². The summed E-state index contributed by atoms with van der Waals surface area (Å²) in [5.74, 6) is -1.16. The van der Waals surface area contributed by atoms with Gasteiger partial charge in [0.1, 0.15) is 12.6 Å². The molecule has 0 aliphatic rings. The van der Waals surface area contributed by atoms with Crippen molar-refractivity contribution in [1.82, 2.24) is 0 Å². The summed E-state index contributed by atoms with van der Waals surface area (Å²) in [7, 11) is 1.41. The number of carboxylic acids is 1. The maximum Gasteiger partial charge on any atom is 0.416 e. The predicted molar refractivity (Wildman–Crippen MR) is 67.9 cm³/mol. The number of carboxylic acid groups (broad SMARTS) is 1. The number of benzene rings is 1. The lowest BCUT2D eigenvalue weighted by Crippen LogP contribution is -2.33. The van der Waals surface area contributed by atoms with Crippen LogP contribution in [0.1, 0.15) is 11.1 Å². The second kappa shape index (κ2) is 6.95. The van der Waals surface area contributed by atoms with E-state index in [0.717, 1.165) is 12.1 Å². The number of nitrogens with zero attached hydrogens (tertiary/aromatic N) is 2. The summed E-state index contributed by atoms with van der Waals surface area (Å²) in [6.45, 7) is -0.120. The molecule has 0 amide bonds. The molecule has 114 valence electrons. The molecule has 0 radical (unpaired) electrons.